The second-order valence-electron chi connectivity index (χ2n) is 6.60. The summed E-state index contributed by atoms with van der Waals surface area (Å²) in [5.74, 6) is -0.0861. The van der Waals surface area contributed by atoms with Crippen molar-refractivity contribution in [1.29, 1.82) is 0 Å². The molecule has 0 radical (unpaired) electrons. The molecule has 138 valence electrons. The maximum Gasteiger partial charge on any atom is 0.255 e. The molecule has 0 aromatic heterocycles. The molecule has 2 aromatic carbocycles. The number of carbonyl (C=O) groups is 1. The maximum atomic E-state index is 12.6. The zero-order valence-electron chi connectivity index (χ0n) is 15.2. The summed E-state index contributed by atoms with van der Waals surface area (Å²) in [7, 11) is -3.31. The van der Waals surface area contributed by atoms with Crippen LogP contribution in [0.1, 0.15) is 41.3 Å². The van der Waals surface area contributed by atoms with Gasteiger partial charge in [0, 0.05) is 17.8 Å². The lowest BCUT2D eigenvalue weighted by atomic mass is 10.1. The molecule has 1 saturated heterocycles. The molecule has 5 nitrogen and oxygen atoms in total. The summed E-state index contributed by atoms with van der Waals surface area (Å²) in [5, 5.41) is 2.87. The van der Waals surface area contributed by atoms with Gasteiger partial charge in [0.1, 0.15) is 0 Å². The average Bonchev–Trinajstić information content (AvgIpc) is 2.63. The average molecular weight is 372 g/mol. The van der Waals surface area contributed by atoms with Crippen LogP contribution in [0.4, 0.5) is 11.4 Å². The highest BCUT2D eigenvalue weighted by atomic mass is 32.2. The quantitative estimate of drug-likeness (QED) is 0.889. The number of sulfonamides is 1. The number of nitrogens with zero attached hydrogens (tertiary/aromatic N) is 1. The third-order valence-electron chi connectivity index (χ3n) is 4.71. The second-order valence-corrected chi connectivity index (χ2v) is 8.61. The van der Waals surface area contributed by atoms with E-state index in [1.165, 1.54) is 9.87 Å². The highest BCUT2D eigenvalue weighted by molar-refractivity contribution is 7.92. The van der Waals surface area contributed by atoms with Crippen molar-refractivity contribution in [2.45, 2.75) is 33.1 Å². The van der Waals surface area contributed by atoms with Crippen molar-refractivity contribution in [1.82, 2.24) is 0 Å². The number of hydrogen-bond donors (Lipinski definition) is 1. The summed E-state index contributed by atoms with van der Waals surface area (Å²) in [4.78, 5) is 12.6. The van der Waals surface area contributed by atoms with Gasteiger partial charge in [-0.25, -0.2) is 8.42 Å². The number of hydrogen-bond acceptors (Lipinski definition) is 3. The molecule has 1 fully saturated rings. The van der Waals surface area contributed by atoms with Crippen LogP contribution in [0.15, 0.2) is 42.5 Å². The Labute approximate surface area is 155 Å². The molecule has 2 aromatic rings. The zero-order chi connectivity index (χ0) is 18.7. The van der Waals surface area contributed by atoms with E-state index in [1.54, 1.807) is 18.2 Å². The maximum absolute atomic E-state index is 12.6. The van der Waals surface area contributed by atoms with Crippen LogP contribution in [0.2, 0.25) is 0 Å². The summed E-state index contributed by atoms with van der Waals surface area (Å²) in [6.07, 6.45) is 2.46. The van der Waals surface area contributed by atoms with Gasteiger partial charge in [-0.15, -0.1) is 0 Å². The molecule has 6 heteroatoms. The number of nitrogens with one attached hydrogen (secondary N) is 1. The number of rotatable bonds is 4. The largest absolute Gasteiger partial charge is 0.322 e. The number of anilines is 2. The SMILES string of the molecule is CCc1ccc(NC(=O)c2ccc(C)c(N3CCCCS3(=O)=O)c2)cc1. The number of carbonyl (C=O) groups excluding carboxylic acids is 1. The Morgan fingerprint density at radius 2 is 1.85 bits per heavy atom. The predicted molar refractivity (Wildman–Crippen MR) is 105 cm³/mol. The fourth-order valence-corrected chi connectivity index (χ4v) is 4.80. The Morgan fingerprint density at radius 3 is 2.50 bits per heavy atom. The fraction of sp³-hybridized carbons (Fsp3) is 0.350. The Balaban J connectivity index is 1.85. The van der Waals surface area contributed by atoms with Gasteiger partial charge in [-0.2, -0.15) is 0 Å². The number of aryl methyl sites for hydroxylation is 2. The summed E-state index contributed by atoms with van der Waals surface area (Å²) >= 11 is 0. The normalized spacial score (nSPS) is 16.3. The van der Waals surface area contributed by atoms with Crippen LogP contribution < -0.4 is 9.62 Å². The second kappa shape index (κ2) is 7.50. The van der Waals surface area contributed by atoms with E-state index in [0.717, 1.165) is 24.1 Å². The minimum Gasteiger partial charge on any atom is -0.322 e. The molecule has 3 rings (SSSR count). The van der Waals surface area contributed by atoms with Crippen LogP contribution >= 0.6 is 0 Å². The third kappa shape index (κ3) is 3.90. The molecule has 0 atom stereocenters. The van der Waals surface area contributed by atoms with Crippen LogP contribution in [0.3, 0.4) is 0 Å². The molecular formula is C20H24N2O3S. The van der Waals surface area contributed by atoms with Gasteiger partial charge < -0.3 is 5.32 Å². The highest BCUT2D eigenvalue weighted by Gasteiger charge is 2.27. The molecule has 1 heterocycles. The summed E-state index contributed by atoms with van der Waals surface area (Å²) < 4.78 is 26.2. The van der Waals surface area contributed by atoms with Crippen molar-refractivity contribution < 1.29 is 13.2 Å². The van der Waals surface area contributed by atoms with Gasteiger partial charge in [0.15, 0.2) is 0 Å². The predicted octanol–water partition coefficient (Wildman–Crippen LogP) is 3.74. The minimum atomic E-state index is -3.31. The van der Waals surface area contributed by atoms with Gasteiger partial charge in [0.05, 0.1) is 11.4 Å². The van der Waals surface area contributed by atoms with Gasteiger partial charge in [0.2, 0.25) is 10.0 Å². The van der Waals surface area contributed by atoms with E-state index >= 15 is 0 Å². The Bertz CT molecular complexity index is 905. The van der Waals surface area contributed by atoms with Gasteiger partial charge in [-0.05, 0) is 61.6 Å². The van der Waals surface area contributed by atoms with Gasteiger partial charge in [0.25, 0.3) is 5.91 Å². The third-order valence-corrected chi connectivity index (χ3v) is 6.56. The van der Waals surface area contributed by atoms with Gasteiger partial charge in [-0.3, -0.25) is 9.10 Å². The number of amides is 1. The molecule has 1 N–H and O–H groups in total. The summed E-state index contributed by atoms with van der Waals surface area (Å²) in [5.41, 5.74) is 3.82. The Hall–Kier alpha value is -2.34. The standard InChI is InChI=1S/C20H24N2O3S/c1-3-16-7-10-18(11-8-16)21-20(23)17-9-6-15(2)19(14-17)22-12-4-5-13-26(22,24)25/h6-11,14H,3-5,12-13H2,1-2H3,(H,21,23). The topological polar surface area (TPSA) is 66.5 Å². The van der Waals surface area contributed by atoms with Crippen molar-refractivity contribution in [3.63, 3.8) is 0 Å². The molecule has 1 aliphatic rings. The molecule has 0 spiro atoms. The monoisotopic (exact) mass is 372 g/mol. The first-order valence-electron chi connectivity index (χ1n) is 8.92. The lowest BCUT2D eigenvalue weighted by Gasteiger charge is -2.29. The van der Waals surface area contributed by atoms with Crippen LogP contribution in [-0.4, -0.2) is 26.6 Å². The van der Waals surface area contributed by atoms with E-state index in [0.29, 0.717) is 24.2 Å². The zero-order valence-corrected chi connectivity index (χ0v) is 16.0. The van der Waals surface area contributed by atoms with Crippen LogP contribution in [0.25, 0.3) is 0 Å². The molecule has 0 unspecified atom stereocenters. The first kappa shape index (κ1) is 18.5. The van der Waals surface area contributed by atoms with E-state index in [2.05, 4.69) is 12.2 Å². The fourth-order valence-electron chi connectivity index (χ4n) is 3.11. The first-order chi connectivity index (χ1) is 12.4. The molecule has 0 saturated carbocycles. The van der Waals surface area contributed by atoms with Crippen molar-refractivity contribution in [3.05, 3.63) is 59.2 Å². The van der Waals surface area contributed by atoms with Crippen LogP contribution in [0.5, 0.6) is 0 Å². The van der Waals surface area contributed by atoms with Crippen molar-refractivity contribution >= 4 is 27.3 Å². The van der Waals surface area contributed by atoms with E-state index in [-0.39, 0.29) is 11.7 Å². The molecule has 0 bridgehead atoms. The minimum absolute atomic E-state index is 0.159. The lowest BCUT2D eigenvalue weighted by molar-refractivity contribution is 0.102. The molecule has 26 heavy (non-hydrogen) atoms. The molecule has 0 aliphatic carbocycles. The summed E-state index contributed by atoms with van der Waals surface area (Å²) in [6.45, 7) is 4.41. The molecule has 1 amide bonds. The molecular weight excluding hydrogens is 348 g/mol. The Kier molecular flexibility index (Phi) is 5.32. The van der Waals surface area contributed by atoms with E-state index < -0.39 is 10.0 Å². The van der Waals surface area contributed by atoms with E-state index in [1.807, 2.05) is 31.2 Å². The smallest absolute Gasteiger partial charge is 0.255 e. The van der Waals surface area contributed by atoms with Crippen molar-refractivity contribution in [2.24, 2.45) is 0 Å². The molecule has 1 aliphatic heterocycles. The summed E-state index contributed by atoms with van der Waals surface area (Å²) in [6, 6.07) is 12.9. The van der Waals surface area contributed by atoms with Crippen LogP contribution in [0, 0.1) is 6.92 Å². The van der Waals surface area contributed by atoms with Crippen molar-refractivity contribution in [3.8, 4) is 0 Å². The first-order valence-corrected chi connectivity index (χ1v) is 10.5. The number of benzene rings is 2. The highest BCUT2D eigenvalue weighted by Crippen LogP contribution is 2.28. The van der Waals surface area contributed by atoms with Gasteiger partial charge in [-0.1, -0.05) is 25.1 Å². The van der Waals surface area contributed by atoms with Crippen LogP contribution in [-0.2, 0) is 16.4 Å². The van der Waals surface area contributed by atoms with E-state index in [4.69, 9.17) is 0 Å². The van der Waals surface area contributed by atoms with E-state index in [9.17, 15) is 13.2 Å². The Morgan fingerprint density at radius 1 is 1.12 bits per heavy atom. The van der Waals surface area contributed by atoms with Crippen molar-refractivity contribution in [2.75, 3.05) is 21.9 Å². The van der Waals surface area contributed by atoms with Gasteiger partial charge >= 0.3 is 0 Å². The lowest BCUT2D eigenvalue weighted by Crippen LogP contribution is -2.38.